The number of phenols is 2. The summed E-state index contributed by atoms with van der Waals surface area (Å²) in [6.07, 6.45) is 18.2. The number of ether oxygens (including phenoxy) is 3. The van der Waals surface area contributed by atoms with Gasteiger partial charge in [0.25, 0.3) is 17.7 Å². The van der Waals surface area contributed by atoms with Crippen molar-refractivity contribution in [3.05, 3.63) is 222 Å². The normalized spacial score (nSPS) is 14.5. The van der Waals surface area contributed by atoms with Crippen LogP contribution >= 0.6 is 24.8 Å². The Morgan fingerprint density at radius 2 is 0.667 bits per heavy atom. The van der Waals surface area contributed by atoms with Crippen LogP contribution < -0.4 is 20.4 Å². The Morgan fingerprint density at radius 3 is 0.992 bits per heavy atom. The van der Waals surface area contributed by atoms with Crippen molar-refractivity contribution >= 4 is 72.0 Å². The summed E-state index contributed by atoms with van der Waals surface area (Å²) in [5.41, 5.74) is 16.3. The van der Waals surface area contributed by atoms with Gasteiger partial charge in [-0.1, -0.05) is 144 Å². The number of aromatic hydroxyl groups is 2. The number of rotatable bonds is 17. The highest BCUT2D eigenvalue weighted by molar-refractivity contribution is 5.99. The van der Waals surface area contributed by atoms with Gasteiger partial charge in [0.2, 0.25) is 17.5 Å². The van der Waals surface area contributed by atoms with Crippen LogP contribution in [0.5, 0.6) is 11.5 Å². The summed E-state index contributed by atoms with van der Waals surface area (Å²) in [4.78, 5) is 74.6. The maximum atomic E-state index is 12.9. The van der Waals surface area contributed by atoms with Crippen molar-refractivity contribution in [2.45, 2.75) is 220 Å². The number of nitrogens with two attached hydrogens (primary N) is 1. The minimum absolute atomic E-state index is 0. The van der Waals surface area contributed by atoms with E-state index in [1.165, 1.54) is 43.2 Å². The smallest absolute Gasteiger partial charge is 0.415 e. The molecule has 0 unspecified atom stereocenters. The minimum atomic E-state index is -0.582. The van der Waals surface area contributed by atoms with Gasteiger partial charge in [0.15, 0.2) is 5.84 Å². The second-order valence-corrected chi connectivity index (χ2v) is 33.5. The molecule has 4 N–H and O–H groups in total. The van der Waals surface area contributed by atoms with Gasteiger partial charge in [-0.25, -0.2) is 19.2 Å². The van der Waals surface area contributed by atoms with E-state index >= 15 is 0 Å². The Bertz CT molecular complexity index is 4960. The van der Waals surface area contributed by atoms with Crippen molar-refractivity contribution in [2.75, 3.05) is 14.7 Å². The second kappa shape index (κ2) is 41.2. The number of aryl methyl sites for hydroxylation is 2. The molecule has 4 aliphatic rings. The summed E-state index contributed by atoms with van der Waals surface area (Å²) in [5.74, 6) is 3.62. The summed E-state index contributed by atoms with van der Waals surface area (Å²) in [6.45, 7) is 20.9. The van der Waals surface area contributed by atoms with Crippen LogP contribution in [0.2, 0.25) is 0 Å². The number of amidine groups is 1. The van der Waals surface area contributed by atoms with Gasteiger partial charge in [-0.3, -0.25) is 14.7 Å². The highest BCUT2D eigenvalue weighted by Crippen LogP contribution is 2.37. The van der Waals surface area contributed by atoms with Gasteiger partial charge < -0.3 is 48.6 Å². The van der Waals surface area contributed by atoms with E-state index in [1.54, 1.807) is 87.5 Å². The van der Waals surface area contributed by atoms with E-state index in [9.17, 15) is 29.4 Å². The molecule has 8 aromatic carbocycles. The third kappa shape index (κ3) is 25.3. The Labute approximate surface area is 714 Å². The van der Waals surface area contributed by atoms with Crippen LogP contribution in [0, 0.1) is 19.8 Å². The lowest BCUT2D eigenvalue weighted by Crippen LogP contribution is -2.42. The van der Waals surface area contributed by atoms with Gasteiger partial charge in [-0.2, -0.15) is 15.0 Å². The Kier molecular flexibility index (Phi) is 31.0. The number of halogens is 2. The molecule has 3 aromatic heterocycles. The maximum Gasteiger partial charge on any atom is 0.415 e. The molecule has 11 aromatic rings. The third-order valence-corrected chi connectivity index (χ3v) is 20.6. The number of benzene rings is 8. The monoisotopic (exact) mass is 1670 g/mol. The fourth-order valence-electron chi connectivity index (χ4n) is 14.7. The molecule has 26 heteroatoms. The van der Waals surface area contributed by atoms with E-state index in [1.807, 2.05) is 173 Å². The second-order valence-electron chi connectivity index (χ2n) is 33.5. The molecule has 3 amide bonds. The molecule has 0 spiro atoms. The zero-order chi connectivity index (χ0) is 83.7. The number of amides is 3. The number of hydrogen-bond donors (Lipinski definition) is 3. The van der Waals surface area contributed by atoms with Crippen molar-refractivity contribution < 1.29 is 62.0 Å². The molecule has 632 valence electrons. The van der Waals surface area contributed by atoms with Crippen molar-refractivity contribution in [1.82, 2.24) is 30.4 Å². The van der Waals surface area contributed by atoms with Gasteiger partial charge in [-0.05, 0) is 278 Å². The largest absolute Gasteiger partial charge is 0.508 e. The van der Waals surface area contributed by atoms with Crippen molar-refractivity contribution in [3.8, 4) is 80.0 Å². The van der Waals surface area contributed by atoms with Gasteiger partial charge in [0.05, 0.1) is 5.56 Å². The molecule has 3 heterocycles. The maximum absolute atomic E-state index is 12.9. The van der Waals surface area contributed by atoms with Crippen LogP contribution in [0.1, 0.15) is 198 Å². The first-order chi connectivity index (χ1) is 56.5. The van der Waals surface area contributed by atoms with Crippen LogP contribution in [0.15, 0.2) is 213 Å². The first-order valence-electron chi connectivity index (χ1n) is 40.8. The average Bonchev–Trinajstić information content (AvgIpc) is 1.96. The fourth-order valence-corrected chi connectivity index (χ4v) is 14.7. The molecule has 120 heavy (non-hydrogen) atoms. The molecule has 0 aliphatic heterocycles. The first kappa shape index (κ1) is 90.4. The van der Waals surface area contributed by atoms with E-state index in [2.05, 4.69) is 59.8 Å². The fraction of sp³-hybridized carbons (Fsp3) is 0.372. The van der Waals surface area contributed by atoms with Crippen molar-refractivity contribution in [1.29, 1.82) is 0 Å². The molecule has 0 bridgehead atoms. The number of oxime groups is 1. The molecule has 24 nitrogen and oxygen atoms in total. The van der Waals surface area contributed by atoms with Crippen LogP contribution in [0.25, 0.3) is 68.5 Å². The lowest BCUT2D eigenvalue weighted by Gasteiger charge is -2.31. The summed E-state index contributed by atoms with van der Waals surface area (Å²) < 4.78 is 33.2. The number of anilines is 3. The van der Waals surface area contributed by atoms with Crippen LogP contribution in [0.4, 0.5) is 31.4 Å². The molecule has 4 fully saturated rings. The molecule has 15 rings (SSSR count). The highest BCUT2D eigenvalue weighted by atomic mass is 35.5. The molecule has 0 atom stereocenters. The van der Waals surface area contributed by atoms with Crippen molar-refractivity contribution in [3.63, 3.8) is 0 Å². The number of hydrogen-bond acceptors (Lipinski definition) is 20. The summed E-state index contributed by atoms with van der Waals surface area (Å²) in [5, 5.41) is 34.8. The van der Waals surface area contributed by atoms with E-state index in [0.717, 1.165) is 139 Å². The van der Waals surface area contributed by atoms with Crippen LogP contribution in [-0.2, 0) is 25.5 Å². The standard InChI is InChI=1S/C25H31N3O4.C25H29N3O3.C24H27N3O4.C20H20N2O2.2ClH/c1-17-9-11-19(12-10-17)23(29)32-27-22(26)18-13-15-21(16-14-18)28(20-7-5-6-8-20)24(30)31-25(2,3)4;1-17-9-11-19(12-10-17)23-26-22(27-31-23)18-13-15-21(16-14-18)28(20-7-5-6-8-20)24(29)30-25(2,3)4;1-24(2,3)30-23(29)27(18-6-4-5-7-18)19-12-8-16(9-13-19)21-25-22(31-26-21)17-10-14-20(28)15-11-17;23-18-11-9-17(10-12-18)20-21-19(22-24-20)16-7-5-15(6-8-16)13-14-3-1-2-4-14;;/h9-16,20H,5-8H2,1-4H3,(H2,26,27);9-16,20H,5-8H2,1-4H3;8-15,18,28H,4-7H2,1-3H3;5-12,14,23H,1-4,13H2;2*1H. The number of carbonyl (C=O) groups is 4. The van der Waals surface area contributed by atoms with Gasteiger partial charge in [0, 0.05) is 74.1 Å². The lowest BCUT2D eigenvalue weighted by molar-refractivity contribution is 0.0512. The first-order valence-corrected chi connectivity index (χ1v) is 40.8. The van der Waals surface area contributed by atoms with Crippen LogP contribution in [-0.4, -0.2) is 106 Å². The minimum Gasteiger partial charge on any atom is -0.508 e. The van der Waals surface area contributed by atoms with Crippen LogP contribution in [0.3, 0.4) is 0 Å². The van der Waals surface area contributed by atoms with E-state index in [4.69, 9.17) is 38.4 Å². The Hall–Kier alpha value is -11.9. The van der Waals surface area contributed by atoms with E-state index in [0.29, 0.717) is 46.3 Å². The summed E-state index contributed by atoms with van der Waals surface area (Å²) in [7, 11) is 0. The molecule has 4 aliphatic carbocycles. The number of phenolic OH excluding ortho intramolecular Hbond substituents is 2. The Morgan fingerprint density at radius 1 is 0.392 bits per heavy atom. The number of nitrogens with zero attached hydrogens (tertiary/aromatic N) is 10. The zero-order valence-electron chi connectivity index (χ0n) is 70.1. The third-order valence-electron chi connectivity index (χ3n) is 20.6. The topological polar surface area (TPSA) is 311 Å². The highest BCUT2D eigenvalue weighted by Gasteiger charge is 2.35. The molecule has 4 saturated carbocycles. The molecular weight excluding hydrogens is 1560 g/mol. The number of aromatic nitrogens is 6. The molecular formula is C94H109Cl2N11O13. The van der Waals surface area contributed by atoms with E-state index in [-0.39, 0.29) is 78.6 Å². The predicted octanol–water partition coefficient (Wildman–Crippen LogP) is 23.0. The molecule has 0 radical (unpaired) electrons. The molecule has 0 saturated heterocycles. The SMILES string of the molecule is CC(C)(C)OC(=O)N(c1ccc(-c2noc(-c3ccc(O)cc3)n2)cc1)C1CCCC1.Cc1ccc(-c2nc(-c3ccc(N(C(=O)OC(C)(C)C)C4CCCC4)cc3)no2)cc1.Cc1ccc(C(=O)O/N=C(\N)c2ccc(N(C(=O)OC(C)(C)C)C3CCCC3)cc2)cc1.Cl.Cl.Oc1ccc(-c2nc(-c3ccc(CC4CCCC4)cc3)no2)cc1. The van der Waals surface area contributed by atoms with Crippen molar-refractivity contribution in [2.24, 2.45) is 16.8 Å². The van der Waals surface area contributed by atoms with Gasteiger partial charge >= 0.3 is 24.2 Å². The summed E-state index contributed by atoms with van der Waals surface area (Å²) >= 11 is 0. The Balaban J connectivity index is 0.000000168. The van der Waals surface area contributed by atoms with Gasteiger partial charge in [0.1, 0.15) is 28.3 Å². The predicted molar refractivity (Wildman–Crippen MR) is 470 cm³/mol. The average molecular weight is 1670 g/mol. The zero-order valence-corrected chi connectivity index (χ0v) is 71.7. The van der Waals surface area contributed by atoms with E-state index < -0.39 is 22.8 Å². The van der Waals surface area contributed by atoms with Gasteiger partial charge in [-0.15, -0.1) is 24.8 Å². The number of carbonyl (C=O) groups excluding carboxylic acids is 4. The lowest BCUT2D eigenvalue weighted by atomic mass is 9.97. The summed E-state index contributed by atoms with van der Waals surface area (Å²) in [6, 6.07) is 59.5. The quantitative estimate of drug-likeness (QED) is 0.0251.